The van der Waals surface area contributed by atoms with Gasteiger partial charge < -0.3 is 15.7 Å². The van der Waals surface area contributed by atoms with Crippen LogP contribution in [-0.2, 0) is 4.74 Å². The molecule has 0 bridgehead atoms. The van der Waals surface area contributed by atoms with Crippen LogP contribution in [0.25, 0.3) is 0 Å². The average molecular weight is 272 g/mol. The van der Waals surface area contributed by atoms with E-state index >= 15 is 0 Å². The van der Waals surface area contributed by atoms with Crippen LogP contribution >= 0.6 is 0 Å². The fourth-order valence-corrected chi connectivity index (χ4v) is 2.19. The second kappa shape index (κ2) is 9.12. The van der Waals surface area contributed by atoms with Gasteiger partial charge in [0.1, 0.15) is 0 Å². The van der Waals surface area contributed by atoms with Gasteiger partial charge in [0.15, 0.2) is 5.84 Å². The molecule has 0 aromatic rings. The van der Waals surface area contributed by atoms with Gasteiger partial charge in [0.2, 0.25) is 0 Å². The van der Waals surface area contributed by atoms with Gasteiger partial charge in [-0.1, -0.05) is 18.5 Å². The molecular formula is C13H28N4O2. The molecule has 0 saturated carbocycles. The van der Waals surface area contributed by atoms with Crippen molar-refractivity contribution in [3.05, 3.63) is 0 Å². The molecule has 1 aliphatic rings. The molecule has 1 atom stereocenters. The van der Waals surface area contributed by atoms with Gasteiger partial charge in [-0.2, -0.15) is 0 Å². The van der Waals surface area contributed by atoms with E-state index in [-0.39, 0.29) is 11.9 Å². The van der Waals surface area contributed by atoms with Crippen molar-refractivity contribution in [2.75, 3.05) is 45.9 Å². The predicted octanol–water partition coefficient (Wildman–Crippen LogP) is 0.556. The van der Waals surface area contributed by atoms with Crippen molar-refractivity contribution in [3.8, 4) is 0 Å². The number of rotatable bonds is 8. The van der Waals surface area contributed by atoms with Gasteiger partial charge in [0.05, 0.1) is 12.6 Å². The van der Waals surface area contributed by atoms with E-state index in [0.29, 0.717) is 0 Å². The van der Waals surface area contributed by atoms with E-state index in [4.69, 9.17) is 15.7 Å². The molecule has 6 heteroatoms. The highest BCUT2D eigenvalue weighted by Gasteiger charge is 2.23. The highest BCUT2D eigenvalue weighted by Crippen LogP contribution is 2.06. The summed E-state index contributed by atoms with van der Waals surface area (Å²) in [7, 11) is 0. The fourth-order valence-electron chi connectivity index (χ4n) is 2.19. The number of oxime groups is 1. The number of hydrogen-bond donors (Lipinski definition) is 2. The van der Waals surface area contributed by atoms with E-state index in [1.54, 1.807) is 0 Å². The second-order valence-corrected chi connectivity index (χ2v) is 5.04. The lowest BCUT2D eigenvalue weighted by atomic mass is 10.2. The van der Waals surface area contributed by atoms with Crippen LogP contribution in [0, 0.1) is 0 Å². The molecule has 1 rings (SSSR count). The van der Waals surface area contributed by atoms with Crippen LogP contribution in [0.5, 0.6) is 0 Å². The van der Waals surface area contributed by atoms with Crippen molar-refractivity contribution in [2.24, 2.45) is 10.9 Å². The number of unbranched alkanes of at least 4 members (excludes halogenated alkanes) is 1. The van der Waals surface area contributed by atoms with Gasteiger partial charge in [0, 0.05) is 39.3 Å². The van der Waals surface area contributed by atoms with Crippen molar-refractivity contribution >= 4 is 5.84 Å². The molecule has 0 aromatic carbocycles. The summed E-state index contributed by atoms with van der Waals surface area (Å²) in [6.07, 6.45) is 2.33. The van der Waals surface area contributed by atoms with Gasteiger partial charge in [-0.25, -0.2) is 0 Å². The first-order chi connectivity index (χ1) is 9.19. The van der Waals surface area contributed by atoms with Crippen molar-refractivity contribution in [1.82, 2.24) is 9.80 Å². The minimum absolute atomic E-state index is 0.00737. The Labute approximate surface area is 116 Å². The van der Waals surface area contributed by atoms with Crippen molar-refractivity contribution < 1.29 is 9.94 Å². The first kappa shape index (κ1) is 16.2. The highest BCUT2D eigenvalue weighted by molar-refractivity contribution is 5.84. The maximum absolute atomic E-state index is 8.68. The van der Waals surface area contributed by atoms with E-state index in [2.05, 4.69) is 21.9 Å². The molecule has 0 aliphatic carbocycles. The Hall–Kier alpha value is -0.850. The van der Waals surface area contributed by atoms with Gasteiger partial charge in [0.25, 0.3) is 0 Å². The average Bonchev–Trinajstić information content (AvgIpc) is 2.46. The zero-order valence-electron chi connectivity index (χ0n) is 12.2. The van der Waals surface area contributed by atoms with Crippen LogP contribution in [-0.4, -0.2) is 72.8 Å². The number of hydrogen-bond acceptors (Lipinski definition) is 5. The second-order valence-electron chi connectivity index (χ2n) is 5.04. The lowest BCUT2D eigenvalue weighted by Gasteiger charge is -2.37. The molecular weight excluding hydrogens is 244 g/mol. The van der Waals surface area contributed by atoms with Crippen LogP contribution in [0.3, 0.4) is 0 Å². The largest absolute Gasteiger partial charge is 0.409 e. The van der Waals surface area contributed by atoms with E-state index < -0.39 is 0 Å². The van der Waals surface area contributed by atoms with Gasteiger partial charge in [-0.15, -0.1) is 0 Å². The summed E-state index contributed by atoms with van der Waals surface area (Å²) < 4.78 is 5.58. The van der Waals surface area contributed by atoms with Gasteiger partial charge in [-0.05, 0) is 13.3 Å². The predicted molar refractivity (Wildman–Crippen MR) is 76.6 cm³/mol. The lowest BCUT2D eigenvalue weighted by Crippen LogP contribution is -2.53. The Morgan fingerprint density at radius 3 is 2.58 bits per heavy atom. The molecule has 1 unspecified atom stereocenters. The van der Waals surface area contributed by atoms with Gasteiger partial charge in [-0.3, -0.25) is 9.80 Å². The van der Waals surface area contributed by atoms with Crippen LogP contribution in [0.4, 0.5) is 0 Å². The maximum atomic E-state index is 8.68. The number of amidine groups is 1. The third-order valence-electron chi connectivity index (χ3n) is 3.69. The smallest absolute Gasteiger partial charge is 0.156 e. The summed E-state index contributed by atoms with van der Waals surface area (Å²) in [5.41, 5.74) is 5.63. The Bertz CT molecular complexity index is 265. The number of nitrogens with zero attached hydrogens (tertiary/aromatic N) is 3. The fraction of sp³-hybridized carbons (Fsp3) is 0.923. The standard InChI is InChI=1S/C13H28N4O2/c1-3-4-10-19-11-9-16-5-7-17(8-6-16)12(2)13(14)15-18/h12,18H,3-11H2,1-2H3,(H2,14,15). The third-order valence-corrected chi connectivity index (χ3v) is 3.69. The molecule has 3 N–H and O–H groups in total. The van der Waals surface area contributed by atoms with Gasteiger partial charge >= 0.3 is 0 Å². The molecule has 112 valence electrons. The first-order valence-electron chi connectivity index (χ1n) is 7.20. The SMILES string of the molecule is CCCCOCCN1CCN(C(C)C(N)=NO)CC1. The quantitative estimate of drug-likeness (QED) is 0.222. The minimum atomic E-state index is 0.00737. The topological polar surface area (TPSA) is 74.3 Å². The minimum Gasteiger partial charge on any atom is -0.409 e. The molecule has 1 saturated heterocycles. The monoisotopic (exact) mass is 272 g/mol. The molecule has 6 nitrogen and oxygen atoms in total. The molecule has 0 spiro atoms. The normalized spacial score (nSPS) is 20.6. The maximum Gasteiger partial charge on any atom is 0.156 e. The zero-order chi connectivity index (χ0) is 14.1. The number of piperazine rings is 1. The molecule has 19 heavy (non-hydrogen) atoms. The molecule has 1 heterocycles. The molecule has 0 aromatic heterocycles. The first-order valence-corrected chi connectivity index (χ1v) is 7.20. The zero-order valence-corrected chi connectivity index (χ0v) is 12.2. The molecule has 1 fully saturated rings. The van der Waals surface area contributed by atoms with E-state index in [1.807, 2.05) is 6.92 Å². The van der Waals surface area contributed by atoms with Crippen molar-refractivity contribution in [1.29, 1.82) is 0 Å². The van der Waals surface area contributed by atoms with Crippen LogP contribution < -0.4 is 5.73 Å². The number of ether oxygens (including phenoxy) is 1. The summed E-state index contributed by atoms with van der Waals surface area (Å²) in [5.74, 6) is 0.288. The van der Waals surface area contributed by atoms with Crippen molar-refractivity contribution in [3.63, 3.8) is 0 Å². The Morgan fingerprint density at radius 1 is 1.32 bits per heavy atom. The molecule has 0 radical (unpaired) electrons. The summed E-state index contributed by atoms with van der Waals surface area (Å²) >= 11 is 0. The van der Waals surface area contributed by atoms with Crippen LogP contribution in [0.2, 0.25) is 0 Å². The summed E-state index contributed by atoms with van der Waals surface area (Å²) in [5, 5.41) is 11.8. The Morgan fingerprint density at radius 2 is 2.00 bits per heavy atom. The van der Waals surface area contributed by atoms with Crippen LogP contribution in [0.15, 0.2) is 5.16 Å². The van der Waals surface area contributed by atoms with Crippen molar-refractivity contribution in [2.45, 2.75) is 32.7 Å². The Kier molecular flexibility index (Phi) is 7.78. The van der Waals surface area contributed by atoms with E-state index in [9.17, 15) is 0 Å². The van der Waals surface area contributed by atoms with E-state index in [0.717, 1.165) is 52.4 Å². The molecule has 1 aliphatic heterocycles. The lowest BCUT2D eigenvalue weighted by molar-refractivity contribution is 0.0705. The summed E-state index contributed by atoms with van der Waals surface area (Å²) in [6, 6.07) is 0.00737. The number of nitrogens with two attached hydrogens (primary N) is 1. The van der Waals surface area contributed by atoms with Crippen LogP contribution in [0.1, 0.15) is 26.7 Å². The molecule has 0 amide bonds. The van der Waals surface area contributed by atoms with E-state index in [1.165, 1.54) is 6.42 Å². The Balaban J connectivity index is 2.15. The highest BCUT2D eigenvalue weighted by atomic mass is 16.5. The summed E-state index contributed by atoms with van der Waals surface area (Å²) in [6.45, 7) is 10.8. The third kappa shape index (κ3) is 5.76. The summed E-state index contributed by atoms with van der Waals surface area (Å²) in [4.78, 5) is 4.64.